The number of nitrogens with zero attached hydrogens (tertiary/aromatic N) is 2. The molecule has 2 rings (SSSR count). The summed E-state index contributed by atoms with van der Waals surface area (Å²) in [6, 6.07) is 4.77. The summed E-state index contributed by atoms with van der Waals surface area (Å²) >= 11 is 5.86. The van der Waals surface area contributed by atoms with E-state index in [2.05, 4.69) is 5.32 Å². The first kappa shape index (κ1) is 16.5. The van der Waals surface area contributed by atoms with Crippen LogP contribution in [0, 0.1) is 0 Å². The van der Waals surface area contributed by atoms with Gasteiger partial charge in [-0.05, 0) is 31.7 Å². The number of fused-ring (bicyclic) bond motifs is 1. The Morgan fingerprint density at radius 2 is 2.09 bits per heavy atom. The third-order valence-corrected chi connectivity index (χ3v) is 3.54. The van der Waals surface area contributed by atoms with Gasteiger partial charge in [0.05, 0.1) is 24.5 Å². The third-order valence-electron chi connectivity index (χ3n) is 3.30. The Morgan fingerprint density at radius 1 is 1.36 bits per heavy atom. The number of hydrogen-bond donors (Lipinski definition) is 1. The number of anilines is 1. The smallest absolute Gasteiger partial charge is 0.300 e. The van der Waals surface area contributed by atoms with Crippen molar-refractivity contribution in [1.82, 2.24) is 10.2 Å². The van der Waals surface area contributed by atoms with E-state index in [-0.39, 0.29) is 19.1 Å². The minimum Gasteiger partial charge on any atom is -0.355 e. The van der Waals surface area contributed by atoms with Gasteiger partial charge in [0.15, 0.2) is 0 Å². The summed E-state index contributed by atoms with van der Waals surface area (Å²) in [6.07, 6.45) is 0.864. The molecule has 1 N–H and O–H groups in total. The van der Waals surface area contributed by atoms with Crippen LogP contribution >= 0.6 is 11.6 Å². The van der Waals surface area contributed by atoms with Gasteiger partial charge in [-0.3, -0.25) is 24.2 Å². The molecule has 0 spiro atoms. The molecule has 0 unspecified atom stereocenters. The molecule has 0 saturated heterocycles. The maximum atomic E-state index is 12.1. The standard InChI is InChI=1S/C15H18ClN3O3/c1-3-6-17-13(20)8-18(2)9-19-12-5-4-10(16)7-11(12)14(21)15(19)22/h4-5,7H,3,6,8-9H2,1-2H3,(H,17,20). The molecule has 0 radical (unpaired) electrons. The molecule has 0 atom stereocenters. The van der Waals surface area contributed by atoms with Crippen LogP contribution in [-0.2, 0) is 9.59 Å². The number of Topliss-reactive ketones (excluding diaryl/α,β-unsaturated/α-hetero) is 1. The van der Waals surface area contributed by atoms with Crippen LogP contribution in [-0.4, -0.2) is 49.3 Å². The first-order valence-corrected chi connectivity index (χ1v) is 7.42. The van der Waals surface area contributed by atoms with Crippen molar-refractivity contribution in [2.24, 2.45) is 0 Å². The maximum Gasteiger partial charge on any atom is 0.300 e. The maximum absolute atomic E-state index is 12.1. The van der Waals surface area contributed by atoms with E-state index in [4.69, 9.17) is 11.6 Å². The van der Waals surface area contributed by atoms with Crippen LogP contribution < -0.4 is 10.2 Å². The molecule has 6 nitrogen and oxygen atoms in total. The summed E-state index contributed by atoms with van der Waals surface area (Å²) in [5, 5.41) is 3.18. The Labute approximate surface area is 134 Å². The lowest BCUT2D eigenvalue weighted by atomic mass is 10.1. The number of hydrogen-bond acceptors (Lipinski definition) is 4. The number of amides is 2. The Hall–Kier alpha value is -1.92. The molecule has 0 bridgehead atoms. The van der Waals surface area contributed by atoms with Gasteiger partial charge < -0.3 is 5.32 Å². The van der Waals surface area contributed by atoms with Gasteiger partial charge in [-0.2, -0.15) is 0 Å². The molecule has 7 heteroatoms. The highest BCUT2D eigenvalue weighted by Crippen LogP contribution is 2.31. The first-order valence-electron chi connectivity index (χ1n) is 7.05. The first-order chi connectivity index (χ1) is 10.4. The minimum atomic E-state index is -0.599. The molecular formula is C15H18ClN3O3. The molecule has 1 aliphatic rings. The average Bonchev–Trinajstić information content (AvgIpc) is 2.70. The quantitative estimate of drug-likeness (QED) is 0.801. The largest absolute Gasteiger partial charge is 0.355 e. The number of nitrogens with one attached hydrogen (secondary N) is 1. The number of likely N-dealkylation sites (N-methyl/N-ethyl adjacent to an activating group) is 1. The summed E-state index contributed by atoms with van der Waals surface area (Å²) in [5.74, 6) is -1.28. The predicted octanol–water partition coefficient (Wildman–Crippen LogP) is 1.28. The molecule has 1 aromatic carbocycles. The average molecular weight is 324 g/mol. The van der Waals surface area contributed by atoms with Gasteiger partial charge in [0, 0.05) is 11.6 Å². The van der Waals surface area contributed by atoms with Crippen LogP contribution in [0.1, 0.15) is 23.7 Å². The van der Waals surface area contributed by atoms with Crippen LogP contribution in [0.15, 0.2) is 18.2 Å². The highest BCUT2D eigenvalue weighted by atomic mass is 35.5. The molecule has 1 aromatic rings. The second-order valence-electron chi connectivity index (χ2n) is 5.23. The summed E-state index contributed by atoms with van der Waals surface area (Å²) in [7, 11) is 1.72. The third kappa shape index (κ3) is 3.45. The molecule has 0 aromatic heterocycles. The van der Waals surface area contributed by atoms with E-state index in [0.717, 1.165) is 6.42 Å². The van der Waals surface area contributed by atoms with E-state index in [1.807, 2.05) is 6.92 Å². The number of ketones is 1. The fourth-order valence-electron chi connectivity index (χ4n) is 2.27. The summed E-state index contributed by atoms with van der Waals surface area (Å²) in [5.41, 5.74) is 0.835. The second kappa shape index (κ2) is 6.89. The van der Waals surface area contributed by atoms with E-state index in [1.54, 1.807) is 24.1 Å². The zero-order valence-electron chi connectivity index (χ0n) is 12.6. The Balaban J connectivity index is 2.06. The van der Waals surface area contributed by atoms with E-state index in [1.165, 1.54) is 11.0 Å². The molecule has 2 amide bonds. The van der Waals surface area contributed by atoms with Crippen LogP contribution in [0.5, 0.6) is 0 Å². The second-order valence-corrected chi connectivity index (χ2v) is 5.67. The number of rotatable bonds is 6. The van der Waals surface area contributed by atoms with Crippen LogP contribution in [0.2, 0.25) is 5.02 Å². The molecule has 1 heterocycles. The lowest BCUT2D eigenvalue weighted by Crippen LogP contribution is -2.43. The van der Waals surface area contributed by atoms with Crippen molar-refractivity contribution in [3.63, 3.8) is 0 Å². The van der Waals surface area contributed by atoms with E-state index in [9.17, 15) is 14.4 Å². The van der Waals surface area contributed by atoms with Crippen LogP contribution in [0.4, 0.5) is 5.69 Å². The topological polar surface area (TPSA) is 69.7 Å². The monoisotopic (exact) mass is 323 g/mol. The van der Waals surface area contributed by atoms with Crippen molar-refractivity contribution >= 4 is 34.9 Å². The number of halogens is 1. The van der Waals surface area contributed by atoms with Crippen molar-refractivity contribution < 1.29 is 14.4 Å². The van der Waals surface area contributed by atoms with Gasteiger partial charge >= 0.3 is 5.91 Å². The van der Waals surface area contributed by atoms with Crippen molar-refractivity contribution in [3.05, 3.63) is 28.8 Å². The van der Waals surface area contributed by atoms with Gasteiger partial charge in [0.25, 0.3) is 5.78 Å². The number of carbonyl (C=O) groups is 3. The Morgan fingerprint density at radius 3 is 2.77 bits per heavy atom. The lowest BCUT2D eigenvalue weighted by Gasteiger charge is -2.23. The van der Waals surface area contributed by atoms with E-state index < -0.39 is 11.7 Å². The molecule has 1 aliphatic heterocycles. The Kier molecular flexibility index (Phi) is 5.15. The summed E-state index contributed by atoms with van der Waals surface area (Å²) in [6.45, 7) is 2.91. The van der Waals surface area contributed by atoms with Gasteiger partial charge in [-0.25, -0.2) is 0 Å². The van der Waals surface area contributed by atoms with E-state index in [0.29, 0.717) is 22.8 Å². The molecule has 0 aliphatic carbocycles. The lowest BCUT2D eigenvalue weighted by molar-refractivity contribution is -0.122. The van der Waals surface area contributed by atoms with Gasteiger partial charge in [-0.15, -0.1) is 0 Å². The van der Waals surface area contributed by atoms with Crippen molar-refractivity contribution in [2.45, 2.75) is 13.3 Å². The summed E-state index contributed by atoms with van der Waals surface area (Å²) < 4.78 is 0. The molecule has 0 saturated carbocycles. The number of carbonyl (C=O) groups excluding carboxylic acids is 3. The molecule has 0 fully saturated rings. The zero-order valence-corrected chi connectivity index (χ0v) is 13.3. The van der Waals surface area contributed by atoms with Crippen molar-refractivity contribution in [2.75, 3.05) is 31.7 Å². The predicted molar refractivity (Wildman–Crippen MR) is 84.1 cm³/mol. The SMILES string of the molecule is CCCNC(=O)CN(C)CN1C(=O)C(=O)c2cc(Cl)ccc21. The normalized spacial score (nSPS) is 13.7. The number of benzene rings is 1. The molecule has 22 heavy (non-hydrogen) atoms. The fourth-order valence-corrected chi connectivity index (χ4v) is 2.44. The van der Waals surface area contributed by atoms with Crippen molar-refractivity contribution in [3.8, 4) is 0 Å². The molecule has 118 valence electrons. The Bertz CT molecular complexity index is 618. The van der Waals surface area contributed by atoms with E-state index >= 15 is 0 Å². The van der Waals surface area contributed by atoms with Gasteiger partial charge in [0.2, 0.25) is 5.91 Å². The van der Waals surface area contributed by atoms with Crippen molar-refractivity contribution in [1.29, 1.82) is 0 Å². The van der Waals surface area contributed by atoms with Gasteiger partial charge in [0.1, 0.15) is 0 Å². The minimum absolute atomic E-state index is 0.112. The highest BCUT2D eigenvalue weighted by molar-refractivity contribution is 6.52. The zero-order chi connectivity index (χ0) is 16.3. The van der Waals surface area contributed by atoms with Crippen LogP contribution in [0.25, 0.3) is 0 Å². The fraction of sp³-hybridized carbons (Fsp3) is 0.400. The molecular weight excluding hydrogens is 306 g/mol. The summed E-state index contributed by atoms with van der Waals surface area (Å²) in [4.78, 5) is 38.8. The highest BCUT2D eigenvalue weighted by Gasteiger charge is 2.36. The van der Waals surface area contributed by atoms with Gasteiger partial charge in [-0.1, -0.05) is 18.5 Å². The van der Waals surface area contributed by atoms with Crippen LogP contribution in [0.3, 0.4) is 0 Å².